The zero-order valence-corrected chi connectivity index (χ0v) is 20.1. The van der Waals surface area contributed by atoms with E-state index in [-0.39, 0.29) is 36.5 Å². The van der Waals surface area contributed by atoms with Crippen LogP contribution in [0.3, 0.4) is 0 Å². The van der Waals surface area contributed by atoms with Gasteiger partial charge in [0.15, 0.2) is 5.96 Å². The zero-order chi connectivity index (χ0) is 20.3. The maximum absolute atomic E-state index is 9.77. The fourth-order valence-electron chi connectivity index (χ4n) is 3.60. The quantitative estimate of drug-likeness (QED) is 0.281. The van der Waals surface area contributed by atoms with Gasteiger partial charge in [-0.3, -0.25) is 0 Å². The summed E-state index contributed by atoms with van der Waals surface area (Å²) in [6, 6.07) is 14.3. The van der Waals surface area contributed by atoms with Gasteiger partial charge in [0.1, 0.15) is 5.82 Å². The van der Waals surface area contributed by atoms with Crippen LogP contribution < -0.4 is 15.5 Å². The monoisotopic (exact) mass is 523 g/mol. The Bertz CT molecular complexity index is 765. The van der Waals surface area contributed by atoms with Crippen LogP contribution in [0.4, 0.5) is 5.82 Å². The lowest BCUT2D eigenvalue weighted by atomic mass is 10.0. The second kappa shape index (κ2) is 13.4. The fourth-order valence-corrected chi connectivity index (χ4v) is 3.60. The van der Waals surface area contributed by atoms with Crippen molar-refractivity contribution in [1.82, 2.24) is 15.6 Å². The third-order valence-electron chi connectivity index (χ3n) is 5.26. The summed E-state index contributed by atoms with van der Waals surface area (Å²) in [6.45, 7) is 6.34. The molecular formula is C23H34IN5O. The molecule has 1 fully saturated rings. The summed E-state index contributed by atoms with van der Waals surface area (Å²) >= 11 is 0. The van der Waals surface area contributed by atoms with E-state index in [4.69, 9.17) is 4.99 Å². The normalized spacial score (nSPS) is 15.3. The molecule has 1 unspecified atom stereocenters. The van der Waals surface area contributed by atoms with E-state index < -0.39 is 0 Å². The molecule has 164 valence electrons. The van der Waals surface area contributed by atoms with E-state index >= 15 is 0 Å². The molecule has 1 aromatic heterocycles. The summed E-state index contributed by atoms with van der Waals surface area (Å²) in [7, 11) is 0. The highest BCUT2D eigenvalue weighted by molar-refractivity contribution is 14.0. The van der Waals surface area contributed by atoms with Crippen LogP contribution in [-0.4, -0.2) is 48.8 Å². The van der Waals surface area contributed by atoms with Crippen LogP contribution in [-0.2, 0) is 6.54 Å². The highest BCUT2D eigenvalue weighted by Gasteiger charge is 2.13. The van der Waals surface area contributed by atoms with Crippen molar-refractivity contribution in [3.05, 3.63) is 59.8 Å². The van der Waals surface area contributed by atoms with Gasteiger partial charge >= 0.3 is 0 Å². The number of benzene rings is 1. The number of piperidine rings is 1. The van der Waals surface area contributed by atoms with Crippen molar-refractivity contribution in [3.8, 4) is 0 Å². The molecule has 0 saturated carbocycles. The zero-order valence-electron chi connectivity index (χ0n) is 17.8. The van der Waals surface area contributed by atoms with Gasteiger partial charge in [-0.1, -0.05) is 30.3 Å². The summed E-state index contributed by atoms with van der Waals surface area (Å²) in [5.74, 6) is 1.85. The van der Waals surface area contributed by atoms with Gasteiger partial charge in [-0.15, -0.1) is 24.0 Å². The Balaban J connectivity index is 0.00000320. The van der Waals surface area contributed by atoms with Crippen molar-refractivity contribution in [2.75, 3.05) is 37.7 Å². The molecule has 2 heterocycles. The lowest BCUT2D eigenvalue weighted by molar-refractivity contribution is 0.265. The summed E-state index contributed by atoms with van der Waals surface area (Å²) in [5, 5.41) is 16.4. The molecular weight excluding hydrogens is 489 g/mol. The summed E-state index contributed by atoms with van der Waals surface area (Å²) in [4.78, 5) is 11.7. The molecule has 3 rings (SSSR count). The van der Waals surface area contributed by atoms with E-state index in [0.717, 1.165) is 42.5 Å². The number of hydrogen-bond acceptors (Lipinski definition) is 4. The molecule has 3 N–H and O–H groups in total. The van der Waals surface area contributed by atoms with E-state index in [2.05, 4.69) is 33.5 Å². The first-order valence-electron chi connectivity index (χ1n) is 10.7. The van der Waals surface area contributed by atoms with Gasteiger partial charge in [0.2, 0.25) is 0 Å². The molecule has 0 spiro atoms. The number of pyridine rings is 1. The summed E-state index contributed by atoms with van der Waals surface area (Å²) < 4.78 is 0. The smallest absolute Gasteiger partial charge is 0.191 e. The third-order valence-corrected chi connectivity index (χ3v) is 5.26. The molecule has 6 nitrogen and oxygen atoms in total. The molecule has 7 heteroatoms. The number of aliphatic hydroxyl groups excluding tert-OH is 1. The first-order valence-corrected chi connectivity index (χ1v) is 10.7. The molecule has 1 atom stereocenters. The Morgan fingerprint density at radius 3 is 2.60 bits per heavy atom. The Kier molecular flexibility index (Phi) is 10.9. The maximum Gasteiger partial charge on any atom is 0.191 e. The second-order valence-corrected chi connectivity index (χ2v) is 7.44. The fraction of sp³-hybridized carbons (Fsp3) is 0.478. The SMILES string of the molecule is CCNC(=NCc1ccnc(N2CCCCC2)c1)NCC(CO)c1ccccc1.I. The standard InChI is InChI=1S/C23H33N5O.HI/c1-2-24-23(27-17-21(18-29)20-9-5-3-6-10-20)26-16-19-11-12-25-22(15-19)28-13-7-4-8-14-28;/h3,5-6,9-12,15,21,29H,2,4,7-8,13-14,16-18H2,1H3,(H2,24,26,27);1H. The van der Waals surface area contributed by atoms with Gasteiger partial charge in [0.25, 0.3) is 0 Å². The molecule has 0 radical (unpaired) electrons. The van der Waals surface area contributed by atoms with Crippen LogP contribution >= 0.6 is 24.0 Å². The number of halogens is 1. The van der Waals surface area contributed by atoms with Crippen molar-refractivity contribution in [3.63, 3.8) is 0 Å². The molecule has 30 heavy (non-hydrogen) atoms. The second-order valence-electron chi connectivity index (χ2n) is 7.44. The maximum atomic E-state index is 9.77. The Morgan fingerprint density at radius 2 is 1.90 bits per heavy atom. The number of nitrogens with one attached hydrogen (secondary N) is 2. The Labute approximate surface area is 197 Å². The number of aliphatic imine (C=N–C) groups is 1. The van der Waals surface area contributed by atoms with Crippen LogP contribution in [0.25, 0.3) is 0 Å². The van der Waals surface area contributed by atoms with Crippen LogP contribution in [0.5, 0.6) is 0 Å². The number of rotatable bonds is 8. The van der Waals surface area contributed by atoms with Crippen LogP contribution in [0, 0.1) is 0 Å². The van der Waals surface area contributed by atoms with Crippen molar-refractivity contribution in [1.29, 1.82) is 0 Å². The topological polar surface area (TPSA) is 72.8 Å². The van der Waals surface area contributed by atoms with Crippen molar-refractivity contribution in [2.24, 2.45) is 4.99 Å². The van der Waals surface area contributed by atoms with Gasteiger partial charge in [-0.05, 0) is 49.4 Å². The van der Waals surface area contributed by atoms with E-state index in [1.807, 2.05) is 42.6 Å². The molecule has 2 aromatic rings. The molecule has 1 aliphatic heterocycles. The van der Waals surface area contributed by atoms with Crippen molar-refractivity contribution < 1.29 is 5.11 Å². The Hall–Kier alpha value is -1.87. The predicted octanol–water partition coefficient (Wildman–Crippen LogP) is 3.52. The lowest BCUT2D eigenvalue weighted by Gasteiger charge is -2.27. The lowest BCUT2D eigenvalue weighted by Crippen LogP contribution is -2.39. The first kappa shape index (κ1) is 24.4. The largest absolute Gasteiger partial charge is 0.396 e. The minimum absolute atomic E-state index is 0. The molecule has 0 aliphatic carbocycles. The number of anilines is 1. The molecule has 1 aliphatic rings. The van der Waals surface area contributed by atoms with Gasteiger partial charge in [0, 0.05) is 38.3 Å². The number of nitrogens with zero attached hydrogens (tertiary/aromatic N) is 3. The molecule has 1 saturated heterocycles. The molecule has 1 aromatic carbocycles. The van der Waals surface area contributed by atoms with Crippen LogP contribution in [0.2, 0.25) is 0 Å². The van der Waals surface area contributed by atoms with Gasteiger partial charge < -0.3 is 20.6 Å². The predicted molar refractivity (Wildman–Crippen MR) is 135 cm³/mol. The highest BCUT2D eigenvalue weighted by Crippen LogP contribution is 2.18. The summed E-state index contributed by atoms with van der Waals surface area (Å²) in [5.41, 5.74) is 2.28. The molecule has 0 amide bonds. The van der Waals surface area contributed by atoms with E-state index in [0.29, 0.717) is 13.1 Å². The number of hydrogen-bond donors (Lipinski definition) is 3. The first-order chi connectivity index (χ1) is 14.3. The number of aromatic nitrogens is 1. The number of guanidine groups is 1. The minimum atomic E-state index is 0. The number of aliphatic hydroxyl groups is 1. The Morgan fingerprint density at radius 1 is 1.13 bits per heavy atom. The third kappa shape index (κ3) is 7.43. The van der Waals surface area contributed by atoms with Gasteiger partial charge in [0.05, 0.1) is 13.2 Å². The van der Waals surface area contributed by atoms with E-state index in [1.54, 1.807) is 0 Å². The van der Waals surface area contributed by atoms with Gasteiger partial charge in [-0.25, -0.2) is 9.98 Å². The van der Waals surface area contributed by atoms with Crippen LogP contribution in [0.15, 0.2) is 53.7 Å². The van der Waals surface area contributed by atoms with Crippen molar-refractivity contribution >= 4 is 35.8 Å². The molecule has 0 bridgehead atoms. The van der Waals surface area contributed by atoms with E-state index in [9.17, 15) is 5.11 Å². The summed E-state index contributed by atoms with van der Waals surface area (Å²) in [6.07, 6.45) is 5.68. The van der Waals surface area contributed by atoms with Gasteiger partial charge in [-0.2, -0.15) is 0 Å². The average Bonchev–Trinajstić information content (AvgIpc) is 2.79. The average molecular weight is 523 g/mol. The minimum Gasteiger partial charge on any atom is -0.396 e. The van der Waals surface area contributed by atoms with E-state index in [1.165, 1.54) is 19.3 Å². The van der Waals surface area contributed by atoms with Crippen molar-refractivity contribution in [2.45, 2.75) is 38.6 Å². The van der Waals surface area contributed by atoms with Crippen LogP contribution in [0.1, 0.15) is 43.2 Å². The highest BCUT2D eigenvalue weighted by atomic mass is 127.